The largest absolute Gasteiger partial charge is 0.377 e. The molecule has 1 aliphatic heterocycles. The molecule has 4 nitrogen and oxygen atoms in total. The van der Waals surface area contributed by atoms with Gasteiger partial charge in [-0.3, -0.25) is 4.79 Å². The van der Waals surface area contributed by atoms with Gasteiger partial charge in [-0.15, -0.1) is 0 Å². The molecule has 0 bridgehead atoms. The van der Waals surface area contributed by atoms with Crippen molar-refractivity contribution in [3.8, 4) is 0 Å². The van der Waals surface area contributed by atoms with E-state index in [0.29, 0.717) is 12.0 Å². The minimum absolute atomic E-state index is 0.432. The van der Waals surface area contributed by atoms with Crippen LogP contribution in [0.15, 0.2) is 42.5 Å². The van der Waals surface area contributed by atoms with Gasteiger partial charge in [0.2, 0.25) is 5.91 Å². The summed E-state index contributed by atoms with van der Waals surface area (Å²) in [5.74, 6) is -0.432. The Morgan fingerprint density at radius 3 is 2.00 bits per heavy atom. The van der Waals surface area contributed by atoms with Crippen molar-refractivity contribution in [1.82, 2.24) is 0 Å². The monoisotopic (exact) mass is 249 g/mol. The first-order valence-electron chi connectivity index (χ1n) is 5.87. The lowest BCUT2D eigenvalue weighted by Gasteiger charge is -2.09. The third kappa shape index (κ3) is 6.18. The number of ether oxygens (including phenoxy) is 2. The van der Waals surface area contributed by atoms with Crippen LogP contribution in [0, 0.1) is 0 Å². The van der Waals surface area contributed by atoms with Gasteiger partial charge in [0.25, 0.3) is 0 Å². The van der Waals surface area contributed by atoms with Gasteiger partial charge >= 0.3 is 0 Å². The zero-order valence-electron chi connectivity index (χ0n) is 10.4. The molecular weight excluding hydrogens is 230 g/mol. The fourth-order valence-corrected chi connectivity index (χ4v) is 1.37. The van der Waals surface area contributed by atoms with Crippen molar-refractivity contribution in [1.29, 1.82) is 0 Å². The maximum absolute atomic E-state index is 10.6. The summed E-state index contributed by atoms with van der Waals surface area (Å²) in [6.45, 7) is 6.69. The van der Waals surface area contributed by atoms with Crippen LogP contribution < -0.4 is 5.73 Å². The smallest absolute Gasteiger partial charge is 0.244 e. The molecular formula is C14H19NO3. The normalized spacial score (nSPS) is 14.2. The first-order valence-corrected chi connectivity index (χ1v) is 5.87. The fraction of sp³-hybridized carbons (Fsp3) is 0.357. The Morgan fingerprint density at radius 1 is 1.11 bits per heavy atom. The van der Waals surface area contributed by atoms with E-state index in [9.17, 15) is 4.79 Å². The molecule has 0 atom stereocenters. The Balaban J connectivity index is 0.000000225. The molecule has 0 spiro atoms. The maximum atomic E-state index is 10.6. The third-order valence-electron chi connectivity index (χ3n) is 2.35. The molecule has 4 heteroatoms. The molecule has 1 aliphatic rings. The molecule has 0 aliphatic carbocycles. The number of rotatable bonds is 3. The molecule has 18 heavy (non-hydrogen) atoms. The molecule has 1 aromatic rings. The lowest BCUT2D eigenvalue weighted by molar-refractivity contribution is -0.114. The second-order valence-corrected chi connectivity index (χ2v) is 3.85. The van der Waals surface area contributed by atoms with E-state index >= 15 is 0 Å². The van der Waals surface area contributed by atoms with E-state index in [-0.39, 0.29) is 0 Å². The van der Waals surface area contributed by atoms with Crippen LogP contribution in [0.4, 0.5) is 0 Å². The van der Waals surface area contributed by atoms with Crippen LogP contribution in [0.1, 0.15) is 5.56 Å². The lowest BCUT2D eigenvalue weighted by atomic mass is 10.1. The average molecular weight is 249 g/mol. The van der Waals surface area contributed by atoms with Crippen molar-refractivity contribution in [2.24, 2.45) is 5.73 Å². The summed E-state index contributed by atoms with van der Waals surface area (Å²) in [4.78, 5) is 10.6. The third-order valence-corrected chi connectivity index (χ3v) is 2.35. The van der Waals surface area contributed by atoms with Crippen molar-refractivity contribution < 1.29 is 14.3 Å². The minimum atomic E-state index is -0.432. The van der Waals surface area contributed by atoms with Gasteiger partial charge in [-0.1, -0.05) is 36.9 Å². The first kappa shape index (κ1) is 14.4. The Labute approximate surface area is 107 Å². The summed E-state index contributed by atoms with van der Waals surface area (Å²) in [7, 11) is 0. The number of benzene rings is 1. The maximum Gasteiger partial charge on any atom is 0.244 e. The Bertz CT molecular complexity index is 360. The highest BCUT2D eigenvalue weighted by molar-refractivity contribution is 5.91. The second kappa shape index (κ2) is 8.44. The number of carbonyl (C=O) groups is 1. The van der Waals surface area contributed by atoms with Crippen LogP contribution in [0.5, 0.6) is 0 Å². The summed E-state index contributed by atoms with van der Waals surface area (Å²) in [6, 6.07) is 9.64. The summed E-state index contributed by atoms with van der Waals surface area (Å²) in [6.07, 6.45) is 0.538. The quantitative estimate of drug-likeness (QED) is 0.821. The van der Waals surface area contributed by atoms with E-state index < -0.39 is 5.91 Å². The van der Waals surface area contributed by atoms with Crippen molar-refractivity contribution >= 4 is 5.91 Å². The van der Waals surface area contributed by atoms with Crippen molar-refractivity contribution in [2.45, 2.75) is 6.42 Å². The predicted molar refractivity (Wildman–Crippen MR) is 70.1 cm³/mol. The highest BCUT2D eigenvalue weighted by Gasteiger charge is 2.01. The molecule has 0 aromatic heterocycles. The number of hydrogen-bond donors (Lipinski definition) is 1. The van der Waals surface area contributed by atoms with Crippen LogP contribution in [0.2, 0.25) is 0 Å². The van der Waals surface area contributed by atoms with Gasteiger partial charge in [0.1, 0.15) is 0 Å². The molecule has 98 valence electrons. The van der Waals surface area contributed by atoms with Gasteiger partial charge in [-0.25, -0.2) is 0 Å². The van der Waals surface area contributed by atoms with Gasteiger partial charge in [0.15, 0.2) is 0 Å². The number of hydrogen-bond acceptors (Lipinski definition) is 3. The van der Waals surface area contributed by atoms with Gasteiger partial charge in [-0.05, 0) is 5.56 Å². The average Bonchev–Trinajstić information content (AvgIpc) is 2.42. The molecule has 0 saturated carbocycles. The molecule has 1 heterocycles. The molecule has 1 saturated heterocycles. The zero-order chi connectivity index (χ0) is 13.2. The van der Waals surface area contributed by atoms with E-state index in [1.165, 1.54) is 0 Å². The van der Waals surface area contributed by atoms with Crippen molar-refractivity contribution in [3.05, 3.63) is 48.0 Å². The van der Waals surface area contributed by atoms with E-state index in [1.54, 1.807) is 0 Å². The Morgan fingerprint density at radius 2 is 1.61 bits per heavy atom. The SMILES string of the molecule is C1COCCO1.C=C(Cc1ccccc1)C(N)=O. The predicted octanol–water partition coefficient (Wildman–Crippen LogP) is 1.30. The van der Waals surface area contributed by atoms with E-state index in [0.717, 1.165) is 32.0 Å². The van der Waals surface area contributed by atoms with Crippen molar-refractivity contribution in [2.75, 3.05) is 26.4 Å². The van der Waals surface area contributed by atoms with Gasteiger partial charge < -0.3 is 15.2 Å². The second-order valence-electron chi connectivity index (χ2n) is 3.85. The molecule has 1 fully saturated rings. The number of carbonyl (C=O) groups excluding carboxylic acids is 1. The Hall–Kier alpha value is -1.65. The first-order chi connectivity index (χ1) is 8.70. The van der Waals surface area contributed by atoms with E-state index in [4.69, 9.17) is 15.2 Å². The molecule has 1 aromatic carbocycles. The van der Waals surface area contributed by atoms with Crippen LogP contribution >= 0.6 is 0 Å². The molecule has 2 rings (SSSR count). The molecule has 0 unspecified atom stereocenters. The zero-order valence-corrected chi connectivity index (χ0v) is 10.4. The number of primary amides is 1. The van der Waals surface area contributed by atoms with Crippen LogP contribution in [0.25, 0.3) is 0 Å². The lowest BCUT2D eigenvalue weighted by Crippen LogP contribution is -2.16. The summed E-state index contributed by atoms with van der Waals surface area (Å²) >= 11 is 0. The minimum Gasteiger partial charge on any atom is -0.377 e. The molecule has 2 N–H and O–H groups in total. The summed E-state index contributed by atoms with van der Waals surface area (Å²) < 4.78 is 9.89. The van der Waals surface area contributed by atoms with Gasteiger partial charge in [-0.2, -0.15) is 0 Å². The Kier molecular flexibility index (Phi) is 6.76. The standard InChI is InChI=1S/C10H11NO.C4H8O2/c1-8(10(11)12)7-9-5-3-2-4-6-9;1-2-6-4-3-5-1/h2-6H,1,7H2,(H2,11,12);1-4H2. The fourth-order valence-electron chi connectivity index (χ4n) is 1.37. The summed E-state index contributed by atoms with van der Waals surface area (Å²) in [5.41, 5.74) is 6.55. The van der Waals surface area contributed by atoms with Crippen LogP contribution in [-0.2, 0) is 20.7 Å². The van der Waals surface area contributed by atoms with E-state index in [1.807, 2.05) is 30.3 Å². The number of nitrogens with two attached hydrogens (primary N) is 1. The number of amides is 1. The topological polar surface area (TPSA) is 61.6 Å². The molecule has 0 radical (unpaired) electrons. The highest BCUT2D eigenvalue weighted by Crippen LogP contribution is 2.04. The van der Waals surface area contributed by atoms with Crippen molar-refractivity contribution in [3.63, 3.8) is 0 Å². The summed E-state index contributed by atoms with van der Waals surface area (Å²) in [5, 5.41) is 0. The van der Waals surface area contributed by atoms with Gasteiger partial charge in [0.05, 0.1) is 26.4 Å². The van der Waals surface area contributed by atoms with Crippen LogP contribution in [0.3, 0.4) is 0 Å². The van der Waals surface area contributed by atoms with Crippen LogP contribution in [-0.4, -0.2) is 32.3 Å². The van der Waals surface area contributed by atoms with E-state index in [2.05, 4.69) is 6.58 Å². The molecule has 1 amide bonds. The highest BCUT2D eigenvalue weighted by atomic mass is 16.6. The van der Waals surface area contributed by atoms with Gasteiger partial charge in [0, 0.05) is 12.0 Å².